The standard InChI is InChI=1S/C11H8O3/c12-10-4-2-1-3-8(10)7-9-5-6-11(13)14-9/h1-7,12H. The number of carbonyl (C=O) groups is 1. The Balaban J connectivity index is 2.31. The van der Waals surface area contributed by atoms with E-state index in [0.717, 1.165) is 0 Å². The second-order valence-electron chi connectivity index (χ2n) is 2.86. The Kier molecular flexibility index (Phi) is 2.07. The van der Waals surface area contributed by atoms with Gasteiger partial charge in [-0.2, -0.15) is 0 Å². The molecule has 0 unspecified atom stereocenters. The molecule has 0 saturated carbocycles. The van der Waals surface area contributed by atoms with Crippen molar-refractivity contribution in [1.82, 2.24) is 0 Å². The molecule has 70 valence electrons. The molecular formula is C11H8O3. The molecule has 1 aliphatic rings. The lowest BCUT2D eigenvalue weighted by molar-refractivity contribution is -0.132. The highest BCUT2D eigenvalue weighted by atomic mass is 16.5. The molecule has 3 heteroatoms. The van der Waals surface area contributed by atoms with Gasteiger partial charge in [0.1, 0.15) is 11.5 Å². The van der Waals surface area contributed by atoms with Crippen LogP contribution >= 0.6 is 0 Å². The lowest BCUT2D eigenvalue weighted by atomic mass is 10.2. The molecule has 1 N–H and O–H groups in total. The van der Waals surface area contributed by atoms with E-state index < -0.39 is 0 Å². The van der Waals surface area contributed by atoms with Crippen LogP contribution in [0.4, 0.5) is 0 Å². The minimum Gasteiger partial charge on any atom is -0.507 e. The Labute approximate surface area is 80.9 Å². The fourth-order valence-corrected chi connectivity index (χ4v) is 1.17. The summed E-state index contributed by atoms with van der Waals surface area (Å²) in [7, 11) is 0. The van der Waals surface area contributed by atoms with Gasteiger partial charge in [0.15, 0.2) is 0 Å². The van der Waals surface area contributed by atoms with Gasteiger partial charge in [-0.3, -0.25) is 0 Å². The highest BCUT2D eigenvalue weighted by molar-refractivity contribution is 5.88. The second kappa shape index (κ2) is 3.38. The molecule has 2 rings (SSSR count). The molecule has 14 heavy (non-hydrogen) atoms. The molecule has 1 aromatic carbocycles. The van der Waals surface area contributed by atoms with Crippen molar-refractivity contribution < 1.29 is 14.6 Å². The number of carbonyl (C=O) groups excluding carboxylic acids is 1. The number of phenols is 1. The van der Waals surface area contributed by atoms with Crippen LogP contribution in [0.1, 0.15) is 5.56 Å². The van der Waals surface area contributed by atoms with Crippen LogP contribution in [0.25, 0.3) is 6.08 Å². The molecule has 0 aromatic heterocycles. The molecule has 3 nitrogen and oxygen atoms in total. The zero-order valence-electron chi connectivity index (χ0n) is 7.31. The van der Waals surface area contributed by atoms with Gasteiger partial charge in [0, 0.05) is 11.6 Å². The van der Waals surface area contributed by atoms with Crippen molar-refractivity contribution in [3.8, 4) is 5.75 Å². The molecule has 1 aromatic rings. The van der Waals surface area contributed by atoms with Crippen LogP contribution in [0.3, 0.4) is 0 Å². The van der Waals surface area contributed by atoms with Crippen molar-refractivity contribution in [2.24, 2.45) is 0 Å². The summed E-state index contributed by atoms with van der Waals surface area (Å²) in [5.41, 5.74) is 0.627. The van der Waals surface area contributed by atoms with E-state index >= 15 is 0 Å². The van der Waals surface area contributed by atoms with Crippen LogP contribution in [0.5, 0.6) is 5.75 Å². The monoisotopic (exact) mass is 188 g/mol. The molecule has 0 spiro atoms. The Morgan fingerprint density at radius 3 is 2.64 bits per heavy atom. The van der Waals surface area contributed by atoms with Crippen LogP contribution in [-0.2, 0) is 9.53 Å². The second-order valence-corrected chi connectivity index (χ2v) is 2.86. The number of ether oxygens (including phenoxy) is 1. The van der Waals surface area contributed by atoms with Gasteiger partial charge in [-0.25, -0.2) is 4.79 Å². The Morgan fingerprint density at radius 1 is 1.21 bits per heavy atom. The van der Waals surface area contributed by atoms with Crippen molar-refractivity contribution in [1.29, 1.82) is 0 Å². The Morgan fingerprint density at radius 2 is 2.00 bits per heavy atom. The first-order chi connectivity index (χ1) is 6.75. The van der Waals surface area contributed by atoms with Gasteiger partial charge < -0.3 is 9.84 Å². The number of hydrogen-bond donors (Lipinski definition) is 1. The van der Waals surface area contributed by atoms with Gasteiger partial charge in [-0.15, -0.1) is 0 Å². The van der Waals surface area contributed by atoms with Crippen molar-refractivity contribution in [2.45, 2.75) is 0 Å². The summed E-state index contributed by atoms with van der Waals surface area (Å²) in [5, 5.41) is 9.43. The molecule has 0 saturated heterocycles. The average molecular weight is 188 g/mol. The highest BCUT2D eigenvalue weighted by Crippen LogP contribution is 2.21. The summed E-state index contributed by atoms with van der Waals surface area (Å²) in [6.07, 6.45) is 4.51. The smallest absolute Gasteiger partial charge is 0.336 e. The molecule has 1 heterocycles. The van der Waals surface area contributed by atoms with E-state index in [4.69, 9.17) is 4.74 Å². The number of rotatable bonds is 1. The van der Waals surface area contributed by atoms with Crippen LogP contribution in [0.15, 0.2) is 42.2 Å². The summed E-state index contributed by atoms with van der Waals surface area (Å²) in [6, 6.07) is 6.84. The number of allylic oxidation sites excluding steroid dienone is 1. The summed E-state index contributed by atoms with van der Waals surface area (Å²) < 4.78 is 4.82. The number of cyclic esters (lactones) is 1. The maximum absolute atomic E-state index is 10.7. The molecular weight excluding hydrogens is 180 g/mol. The van der Waals surface area contributed by atoms with E-state index in [2.05, 4.69) is 0 Å². The SMILES string of the molecule is O=C1C=CC(=Cc2ccccc2O)O1. The fraction of sp³-hybridized carbons (Fsp3) is 0. The summed E-state index contributed by atoms with van der Waals surface area (Å²) in [6.45, 7) is 0. The van der Waals surface area contributed by atoms with Crippen molar-refractivity contribution in [3.05, 3.63) is 47.7 Å². The van der Waals surface area contributed by atoms with Gasteiger partial charge in [0.25, 0.3) is 0 Å². The highest BCUT2D eigenvalue weighted by Gasteiger charge is 2.09. The zero-order valence-corrected chi connectivity index (χ0v) is 7.31. The van der Waals surface area contributed by atoms with Crippen LogP contribution in [0.2, 0.25) is 0 Å². The molecule has 0 fully saturated rings. The van der Waals surface area contributed by atoms with Gasteiger partial charge >= 0.3 is 5.97 Å². The Hall–Kier alpha value is -2.03. The van der Waals surface area contributed by atoms with Crippen molar-refractivity contribution >= 4 is 12.0 Å². The van der Waals surface area contributed by atoms with E-state index in [9.17, 15) is 9.90 Å². The van der Waals surface area contributed by atoms with Crippen molar-refractivity contribution in [3.63, 3.8) is 0 Å². The first kappa shape index (κ1) is 8.56. The van der Waals surface area contributed by atoms with E-state index in [-0.39, 0.29) is 11.7 Å². The van der Waals surface area contributed by atoms with Gasteiger partial charge in [-0.05, 0) is 18.2 Å². The average Bonchev–Trinajstić information content (AvgIpc) is 2.56. The van der Waals surface area contributed by atoms with Gasteiger partial charge in [0.2, 0.25) is 0 Å². The van der Waals surface area contributed by atoms with Gasteiger partial charge in [0.05, 0.1) is 0 Å². The Bertz CT molecular complexity index is 430. The van der Waals surface area contributed by atoms with Crippen molar-refractivity contribution in [2.75, 3.05) is 0 Å². The predicted octanol–water partition coefficient (Wildman–Crippen LogP) is 1.85. The number of hydrogen-bond acceptors (Lipinski definition) is 3. The summed E-state index contributed by atoms with van der Waals surface area (Å²) in [4.78, 5) is 10.7. The summed E-state index contributed by atoms with van der Waals surface area (Å²) >= 11 is 0. The molecule has 0 atom stereocenters. The third-order valence-electron chi connectivity index (χ3n) is 1.84. The van der Waals surface area contributed by atoms with Crippen LogP contribution < -0.4 is 0 Å². The van der Waals surface area contributed by atoms with Crippen LogP contribution in [0, 0.1) is 0 Å². The maximum atomic E-state index is 10.7. The number of aromatic hydroxyl groups is 1. The lowest BCUT2D eigenvalue weighted by Gasteiger charge is -1.99. The molecule has 0 radical (unpaired) electrons. The number of esters is 1. The van der Waals surface area contributed by atoms with Gasteiger partial charge in [-0.1, -0.05) is 18.2 Å². The van der Waals surface area contributed by atoms with Crippen LogP contribution in [-0.4, -0.2) is 11.1 Å². The minimum atomic E-state index is -0.383. The predicted molar refractivity (Wildman–Crippen MR) is 51.3 cm³/mol. The summed E-state index contributed by atoms with van der Waals surface area (Å²) in [5.74, 6) is 0.222. The first-order valence-electron chi connectivity index (χ1n) is 4.15. The molecule has 1 aliphatic heterocycles. The van der Waals surface area contributed by atoms with E-state index in [0.29, 0.717) is 11.3 Å². The van der Waals surface area contributed by atoms with E-state index in [1.807, 2.05) is 0 Å². The number of para-hydroxylation sites is 1. The fourth-order valence-electron chi connectivity index (χ4n) is 1.17. The molecule has 0 amide bonds. The normalized spacial score (nSPS) is 17.4. The maximum Gasteiger partial charge on any atom is 0.336 e. The first-order valence-corrected chi connectivity index (χ1v) is 4.15. The molecule has 0 aliphatic carbocycles. The lowest BCUT2D eigenvalue weighted by Crippen LogP contribution is -1.89. The minimum absolute atomic E-state index is 0.163. The molecule has 0 bridgehead atoms. The van der Waals surface area contributed by atoms with E-state index in [1.54, 1.807) is 36.4 Å². The number of phenolic OH excluding ortho intramolecular Hbond substituents is 1. The third kappa shape index (κ3) is 1.66. The third-order valence-corrected chi connectivity index (χ3v) is 1.84. The topological polar surface area (TPSA) is 46.5 Å². The van der Waals surface area contributed by atoms with E-state index in [1.165, 1.54) is 6.08 Å². The number of benzene rings is 1. The quantitative estimate of drug-likeness (QED) is 0.684. The zero-order chi connectivity index (χ0) is 9.97. The largest absolute Gasteiger partial charge is 0.507 e.